The summed E-state index contributed by atoms with van der Waals surface area (Å²) in [4.78, 5) is 32.7. The molecule has 0 atom stereocenters. The van der Waals surface area contributed by atoms with Gasteiger partial charge in [0, 0.05) is 43.0 Å². The Kier molecular flexibility index (Phi) is 7.34. The number of hydrogen-bond acceptors (Lipinski definition) is 5. The van der Waals surface area contributed by atoms with Crippen LogP contribution in [0.1, 0.15) is 53.8 Å². The normalized spacial score (nSPS) is 17.1. The molecule has 11 heteroatoms. The van der Waals surface area contributed by atoms with Crippen molar-refractivity contribution in [1.29, 1.82) is 0 Å². The van der Waals surface area contributed by atoms with Crippen LogP contribution in [0.5, 0.6) is 0 Å². The number of halogens is 3. The van der Waals surface area contributed by atoms with Crippen LogP contribution in [0.4, 0.5) is 20.4 Å². The van der Waals surface area contributed by atoms with E-state index in [-0.39, 0.29) is 47.9 Å². The largest absolute Gasteiger partial charge is 0.353 e. The standard InChI is InChI=1S/C27H29ClF2N6O2/c1-16-14-22(35-34-16)33-24-21(29)9-8-18(31-24)15-27(26(38)32-17-4-2-5-17)10-12-36(13-11-27)25(37)19-6-3-7-20(28)23(19)30/h3,6-9,14,17H,2,4-5,10-13,15H2,1H3,(H,32,38)(H2,31,33,34,35). The van der Waals surface area contributed by atoms with Crippen molar-refractivity contribution in [3.05, 3.63) is 70.0 Å². The second-order valence-corrected chi connectivity index (χ2v) is 10.6. The first-order chi connectivity index (χ1) is 18.2. The molecule has 0 spiro atoms. The Hall–Kier alpha value is -3.53. The molecule has 3 N–H and O–H groups in total. The van der Waals surface area contributed by atoms with Gasteiger partial charge in [-0.05, 0) is 63.3 Å². The van der Waals surface area contributed by atoms with Crippen LogP contribution in [0, 0.1) is 24.0 Å². The lowest BCUT2D eigenvalue weighted by Crippen LogP contribution is -2.54. The van der Waals surface area contributed by atoms with Crippen LogP contribution in [0.15, 0.2) is 36.4 Å². The van der Waals surface area contributed by atoms with E-state index in [4.69, 9.17) is 11.6 Å². The van der Waals surface area contributed by atoms with Crippen LogP contribution in [-0.2, 0) is 11.2 Å². The Labute approximate surface area is 224 Å². The molecular formula is C27H29ClF2N6O2. The number of nitrogens with zero attached hydrogens (tertiary/aromatic N) is 3. The number of anilines is 2. The second-order valence-electron chi connectivity index (χ2n) is 10.1. The summed E-state index contributed by atoms with van der Waals surface area (Å²) in [6.45, 7) is 2.37. The molecular weight excluding hydrogens is 514 g/mol. The van der Waals surface area contributed by atoms with Gasteiger partial charge in [-0.1, -0.05) is 17.7 Å². The lowest BCUT2D eigenvalue weighted by molar-refractivity contribution is -0.135. The summed E-state index contributed by atoms with van der Waals surface area (Å²) in [5.74, 6) is -1.38. The van der Waals surface area contributed by atoms with Crippen LogP contribution in [0.3, 0.4) is 0 Å². The minimum absolute atomic E-state index is 0.0209. The highest BCUT2D eigenvalue weighted by atomic mass is 35.5. The van der Waals surface area contributed by atoms with Gasteiger partial charge in [0.1, 0.15) is 0 Å². The summed E-state index contributed by atoms with van der Waals surface area (Å²) in [5.41, 5.74) is 0.429. The number of nitrogens with one attached hydrogen (secondary N) is 3. The number of likely N-dealkylation sites (tertiary alicyclic amines) is 1. The number of aromatic amines is 1. The Morgan fingerprint density at radius 3 is 2.61 bits per heavy atom. The molecule has 0 unspecified atom stereocenters. The maximum Gasteiger partial charge on any atom is 0.256 e. The second kappa shape index (κ2) is 10.7. The molecule has 38 heavy (non-hydrogen) atoms. The van der Waals surface area contributed by atoms with E-state index in [1.165, 1.54) is 24.3 Å². The first kappa shape index (κ1) is 26.1. The maximum absolute atomic E-state index is 14.6. The van der Waals surface area contributed by atoms with Gasteiger partial charge in [0.05, 0.1) is 16.0 Å². The number of pyridine rings is 1. The smallest absolute Gasteiger partial charge is 0.256 e. The van der Waals surface area contributed by atoms with Gasteiger partial charge in [0.25, 0.3) is 5.91 Å². The lowest BCUT2D eigenvalue weighted by Gasteiger charge is -2.42. The third-order valence-electron chi connectivity index (χ3n) is 7.49. The van der Waals surface area contributed by atoms with E-state index in [9.17, 15) is 18.4 Å². The van der Waals surface area contributed by atoms with Crippen molar-refractivity contribution < 1.29 is 18.4 Å². The third-order valence-corrected chi connectivity index (χ3v) is 7.78. The fourth-order valence-corrected chi connectivity index (χ4v) is 5.15. The van der Waals surface area contributed by atoms with Gasteiger partial charge in [-0.2, -0.15) is 5.10 Å². The molecule has 0 radical (unpaired) electrons. The highest BCUT2D eigenvalue weighted by molar-refractivity contribution is 6.31. The van der Waals surface area contributed by atoms with Gasteiger partial charge in [0.15, 0.2) is 23.3 Å². The topological polar surface area (TPSA) is 103 Å². The average Bonchev–Trinajstić information content (AvgIpc) is 3.29. The number of benzene rings is 1. The molecule has 200 valence electrons. The first-order valence-corrected chi connectivity index (χ1v) is 13.1. The molecule has 3 aromatic rings. The van der Waals surface area contributed by atoms with E-state index in [1.54, 1.807) is 17.0 Å². The zero-order chi connectivity index (χ0) is 26.9. The molecule has 8 nitrogen and oxygen atoms in total. The molecule has 3 heterocycles. The summed E-state index contributed by atoms with van der Waals surface area (Å²) < 4.78 is 29.1. The molecule has 5 rings (SSSR count). The highest BCUT2D eigenvalue weighted by Gasteiger charge is 2.44. The van der Waals surface area contributed by atoms with Gasteiger partial charge in [0.2, 0.25) is 5.91 Å². The SMILES string of the molecule is Cc1cc(Nc2nc(CC3(C(=O)NC4CCC4)CCN(C(=O)c4cccc(Cl)c4F)CC3)ccc2F)n[nH]1. The van der Waals surface area contributed by atoms with E-state index in [0.29, 0.717) is 24.4 Å². The Bertz CT molecular complexity index is 1350. The van der Waals surface area contributed by atoms with E-state index in [1.807, 2.05) is 6.92 Å². The van der Waals surface area contributed by atoms with Crippen molar-refractivity contribution in [3.8, 4) is 0 Å². The van der Waals surface area contributed by atoms with Gasteiger partial charge >= 0.3 is 0 Å². The molecule has 0 bridgehead atoms. The van der Waals surface area contributed by atoms with Gasteiger partial charge in [-0.15, -0.1) is 0 Å². The minimum atomic E-state index is -0.843. The van der Waals surface area contributed by atoms with Gasteiger partial charge < -0.3 is 15.5 Å². The number of hydrogen-bond donors (Lipinski definition) is 3. The molecule has 1 aliphatic heterocycles. The first-order valence-electron chi connectivity index (χ1n) is 12.7. The van der Waals surface area contributed by atoms with Gasteiger partial charge in [-0.25, -0.2) is 13.8 Å². The maximum atomic E-state index is 14.6. The van der Waals surface area contributed by atoms with Crippen LogP contribution in [0.25, 0.3) is 0 Å². The number of rotatable bonds is 7. The number of carbonyl (C=O) groups is 2. The summed E-state index contributed by atoms with van der Waals surface area (Å²) in [7, 11) is 0. The number of piperidine rings is 1. The average molecular weight is 543 g/mol. The predicted molar refractivity (Wildman–Crippen MR) is 139 cm³/mol. The van der Waals surface area contributed by atoms with Crippen molar-refractivity contribution in [2.24, 2.45) is 5.41 Å². The van der Waals surface area contributed by atoms with Crippen LogP contribution < -0.4 is 10.6 Å². The lowest BCUT2D eigenvalue weighted by atomic mass is 9.73. The zero-order valence-corrected chi connectivity index (χ0v) is 21.7. The zero-order valence-electron chi connectivity index (χ0n) is 21.0. The summed E-state index contributed by atoms with van der Waals surface area (Å²) >= 11 is 5.87. The number of H-pyrrole nitrogens is 1. The quantitative estimate of drug-likeness (QED) is 0.393. The monoisotopic (exact) mass is 542 g/mol. The molecule has 1 aliphatic carbocycles. The van der Waals surface area contributed by atoms with E-state index in [0.717, 1.165) is 25.0 Å². The Balaban J connectivity index is 1.36. The number of carbonyl (C=O) groups excluding carboxylic acids is 2. The van der Waals surface area contributed by atoms with E-state index < -0.39 is 23.0 Å². The highest BCUT2D eigenvalue weighted by Crippen LogP contribution is 2.37. The summed E-state index contributed by atoms with van der Waals surface area (Å²) in [5, 5.41) is 12.8. The summed E-state index contributed by atoms with van der Waals surface area (Å²) in [6, 6.07) is 9.11. The third kappa shape index (κ3) is 5.36. The van der Waals surface area contributed by atoms with E-state index >= 15 is 0 Å². The Morgan fingerprint density at radius 1 is 1.18 bits per heavy atom. The fourth-order valence-electron chi connectivity index (χ4n) is 4.97. The molecule has 1 saturated heterocycles. The molecule has 2 aliphatic rings. The molecule has 2 aromatic heterocycles. The van der Waals surface area contributed by atoms with E-state index in [2.05, 4.69) is 25.8 Å². The minimum Gasteiger partial charge on any atom is -0.353 e. The fraction of sp³-hybridized carbons (Fsp3) is 0.407. The molecule has 1 aromatic carbocycles. The molecule has 1 saturated carbocycles. The van der Waals surface area contributed by atoms with Crippen molar-refractivity contribution in [2.75, 3.05) is 18.4 Å². The molecule has 2 amide bonds. The number of aromatic nitrogens is 3. The van der Waals surface area contributed by atoms with Gasteiger partial charge in [-0.3, -0.25) is 14.7 Å². The summed E-state index contributed by atoms with van der Waals surface area (Å²) in [6.07, 6.45) is 3.94. The predicted octanol–water partition coefficient (Wildman–Crippen LogP) is 4.92. The molecule has 2 fully saturated rings. The van der Waals surface area contributed by atoms with Crippen LogP contribution >= 0.6 is 11.6 Å². The van der Waals surface area contributed by atoms with Crippen molar-refractivity contribution in [2.45, 2.75) is 51.5 Å². The van der Waals surface area contributed by atoms with Crippen molar-refractivity contribution >= 4 is 35.1 Å². The number of amides is 2. The van der Waals surface area contributed by atoms with Crippen molar-refractivity contribution in [1.82, 2.24) is 25.4 Å². The van der Waals surface area contributed by atoms with Crippen LogP contribution in [-0.4, -0.2) is 51.0 Å². The number of aryl methyl sites for hydroxylation is 1. The van der Waals surface area contributed by atoms with Crippen LogP contribution in [0.2, 0.25) is 5.02 Å². The van der Waals surface area contributed by atoms with Crippen molar-refractivity contribution in [3.63, 3.8) is 0 Å². The Morgan fingerprint density at radius 2 is 1.95 bits per heavy atom.